The van der Waals surface area contributed by atoms with Crippen LogP contribution in [0.5, 0.6) is 0 Å². The van der Waals surface area contributed by atoms with Gasteiger partial charge in [-0.3, -0.25) is 9.48 Å². The Morgan fingerprint density at radius 1 is 1.33 bits per heavy atom. The summed E-state index contributed by atoms with van der Waals surface area (Å²) in [5.74, 6) is 0.205. The lowest BCUT2D eigenvalue weighted by molar-refractivity contribution is -0.117. The molecule has 110 valence electrons. The van der Waals surface area contributed by atoms with Crippen LogP contribution >= 0.6 is 11.3 Å². The van der Waals surface area contributed by atoms with E-state index in [-0.39, 0.29) is 5.91 Å². The Balaban J connectivity index is 1.48. The second-order valence-electron chi connectivity index (χ2n) is 5.44. The Hall–Kier alpha value is -1.96. The maximum atomic E-state index is 11.8. The molecule has 0 spiro atoms. The highest BCUT2D eigenvalue weighted by Gasteiger charge is 2.28. The normalized spacial score (nSPS) is 22.5. The van der Waals surface area contributed by atoms with E-state index in [0.717, 1.165) is 43.3 Å². The zero-order valence-electron chi connectivity index (χ0n) is 11.6. The molecule has 4 rings (SSSR count). The van der Waals surface area contributed by atoms with Crippen LogP contribution in [0.4, 0.5) is 10.8 Å². The molecule has 0 saturated carbocycles. The molecule has 1 unspecified atom stereocenters. The average Bonchev–Trinajstić information content (AvgIpc) is 3.25. The molecule has 2 saturated heterocycles. The fourth-order valence-corrected chi connectivity index (χ4v) is 3.62. The summed E-state index contributed by atoms with van der Waals surface area (Å²) in [6.07, 6.45) is 6.43. The zero-order chi connectivity index (χ0) is 14.2. The molecule has 21 heavy (non-hydrogen) atoms. The van der Waals surface area contributed by atoms with Gasteiger partial charge in [-0.25, -0.2) is 0 Å². The largest absolute Gasteiger partial charge is 0.344 e. The summed E-state index contributed by atoms with van der Waals surface area (Å²) in [6, 6.07) is 0.334. The second-order valence-corrected chi connectivity index (χ2v) is 6.25. The number of rotatable bonds is 3. The molecule has 4 heterocycles. The zero-order valence-corrected chi connectivity index (χ0v) is 12.4. The van der Waals surface area contributed by atoms with Crippen LogP contribution in [0.1, 0.15) is 25.3 Å². The van der Waals surface area contributed by atoms with Crippen molar-refractivity contribution >= 4 is 28.1 Å². The minimum absolute atomic E-state index is 0.205. The molecule has 0 bridgehead atoms. The number of carbonyl (C=O) groups excluding carboxylic acids is 1. The number of hydrogen-bond acceptors (Lipinski definition) is 6. The van der Waals surface area contributed by atoms with Crippen molar-refractivity contribution in [2.75, 3.05) is 29.4 Å². The molecule has 2 fully saturated rings. The van der Waals surface area contributed by atoms with Gasteiger partial charge in [0, 0.05) is 32.3 Å². The van der Waals surface area contributed by atoms with E-state index in [1.54, 1.807) is 23.0 Å². The number of carbonyl (C=O) groups is 1. The molecule has 1 atom stereocenters. The predicted molar refractivity (Wildman–Crippen MR) is 79.6 cm³/mol. The second kappa shape index (κ2) is 5.10. The van der Waals surface area contributed by atoms with E-state index < -0.39 is 0 Å². The third kappa shape index (κ3) is 2.29. The molecule has 0 N–H and O–H groups in total. The molecule has 0 radical (unpaired) electrons. The van der Waals surface area contributed by atoms with E-state index in [1.807, 2.05) is 15.8 Å². The van der Waals surface area contributed by atoms with Gasteiger partial charge in [-0.05, 0) is 12.8 Å². The lowest BCUT2D eigenvalue weighted by Crippen LogP contribution is -2.23. The fourth-order valence-electron chi connectivity index (χ4n) is 3.02. The van der Waals surface area contributed by atoms with Crippen LogP contribution in [0, 0.1) is 0 Å². The highest BCUT2D eigenvalue weighted by molar-refractivity contribution is 7.13. The molecule has 2 aromatic rings. The number of aromatic nitrogens is 4. The molecule has 0 aromatic carbocycles. The molecule has 7 nitrogen and oxygen atoms in total. The van der Waals surface area contributed by atoms with Crippen molar-refractivity contribution in [3.05, 3.63) is 17.9 Å². The van der Waals surface area contributed by atoms with Crippen molar-refractivity contribution in [3.8, 4) is 0 Å². The lowest BCUT2D eigenvalue weighted by atomic mass is 10.3. The fraction of sp³-hybridized carbons (Fsp3) is 0.538. The smallest absolute Gasteiger partial charge is 0.227 e. The topological polar surface area (TPSA) is 67.2 Å². The Labute approximate surface area is 126 Å². The van der Waals surface area contributed by atoms with E-state index in [0.29, 0.717) is 12.5 Å². The summed E-state index contributed by atoms with van der Waals surface area (Å²) in [4.78, 5) is 15.9. The van der Waals surface area contributed by atoms with Gasteiger partial charge < -0.3 is 9.80 Å². The Kier molecular flexibility index (Phi) is 3.10. The Morgan fingerprint density at radius 2 is 2.29 bits per heavy atom. The predicted octanol–water partition coefficient (Wildman–Crippen LogP) is 1.31. The third-order valence-electron chi connectivity index (χ3n) is 4.13. The van der Waals surface area contributed by atoms with Crippen LogP contribution < -0.4 is 9.80 Å². The molecular weight excluding hydrogens is 288 g/mol. The SMILES string of the molecule is O=C1CCCN1c1cnn(C2CCN(c3nncs3)C2)c1. The highest BCUT2D eigenvalue weighted by atomic mass is 32.1. The summed E-state index contributed by atoms with van der Waals surface area (Å²) in [5.41, 5.74) is 2.68. The van der Waals surface area contributed by atoms with Crippen molar-refractivity contribution < 1.29 is 4.79 Å². The summed E-state index contributed by atoms with van der Waals surface area (Å²) in [5, 5.41) is 13.4. The molecular formula is C13H16N6OS. The van der Waals surface area contributed by atoms with Gasteiger partial charge in [-0.2, -0.15) is 5.10 Å². The number of amides is 1. The van der Waals surface area contributed by atoms with Crippen molar-refractivity contribution in [2.24, 2.45) is 0 Å². The van der Waals surface area contributed by atoms with Crippen LogP contribution in [-0.4, -0.2) is 45.5 Å². The van der Waals surface area contributed by atoms with Gasteiger partial charge in [0.05, 0.1) is 17.9 Å². The minimum Gasteiger partial charge on any atom is -0.344 e. The molecule has 0 aliphatic carbocycles. The standard InChI is InChI=1S/C13H16N6OS/c20-12-2-1-4-18(12)11-6-15-19(8-11)10-3-5-17(7-10)13-16-14-9-21-13/h6,8-10H,1-5,7H2. The summed E-state index contributed by atoms with van der Waals surface area (Å²) in [7, 11) is 0. The number of nitrogens with zero attached hydrogens (tertiary/aromatic N) is 6. The van der Waals surface area contributed by atoms with Crippen molar-refractivity contribution in [1.29, 1.82) is 0 Å². The minimum atomic E-state index is 0.205. The molecule has 2 aliphatic heterocycles. The van der Waals surface area contributed by atoms with E-state index in [9.17, 15) is 4.79 Å². The van der Waals surface area contributed by atoms with Gasteiger partial charge >= 0.3 is 0 Å². The van der Waals surface area contributed by atoms with Crippen LogP contribution in [0.3, 0.4) is 0 Å². The third-order valence-corrected chi connectivity index (χ3v) is 4.88. The van der Waals surface area contributed by atoms with Gasteiger partial charge in [0.25, 0.3) is 0 Å². The summed E-state index contributed by atoms with van der Waals surface area (Å²) < 4.78 is 1.99. The van der Waals surface area contributed by atoms with E-state index in [1.165, 1.54) is 0 Å². The summed E-state index contributed by atoms with van der Waals surface area (Å²) >= 11 is 1.56. The quantitative estimate of drug-likeness (QED) is 0.855. The van der Waals surface area contributed by atoms with Gasteiger partial charge in [0.2, 0.25) is 11.0 Å². The molecule has 1 amide bonds. The van der Waals surface area contributed by atoms with Crippen LogP contribution in [0.25, 0.3) is 0 Å². The van der Waals surface area contributed by atoms with E-state index in [4.69, 9.17) is 0 Å². The van der Waals surface area contributed by atoms with Crippen molar-refractivity contribution in [3.63, 3.8) is 0 Å². The Bertz CT molecular complexity index is 639. The number of hydrogen-bond donors (Lipinski definition) is 0. The highest BCUT2D eigenvalue weighted by Crippen LogP contribution is 2.29. The molecule has 2 aromatic heterocycles. The summed E-state index contributed by atoms with van der Waals surface area (Å²) in [6.45, 7) is 2.67. The van der Waals surface area contributed by atoms with Crippen LogP contribution in [-0.2, 0) is 4.79 Å². The van der Waals surface area contributed by atoms with Gasteiger partial charge in [-0.1, -0.05) is 11.3 Å². The maximum absolute atomic E-state index is 11.8. The molecule has 8 heteroatoms. The van der Waals surface area contributed by atoms with Crippen molar-refractivity contribution in [1.82, 2.24) is 20.0 Å². The van der Waals surface area contributed by atoms with E-state index >= 15 is 0 Å². The van der Waals surface area contributed by atoms with Gasteiger partial charge in [-0.15, -0.1) is 10.2 Å². The van der Waals surface area contributed by atoms with Crippen molar-refractivity contribution in [2.45, 2.75) is 25.3 Å². The number of anilines is 2. The first-order valence-electron chi connectivity index (χ1n) is 7.17. The first-order valence-corrected chi connectivity index (χ1v) is 8.05. The first kappa shape index (κ1) is 12.8. The van der Waals surface area contributed by atoms with E-state index in [2.05, 4.69) is 20.2 Å². The molecule has 2 aliphatic rings. The monoisotopic (exact) mass is 304 g/mol. The first-order chi connectivity index (χ1) is 10.3. The van der Waals surface area contributed by atoms with Crippen LogP contribution in [0.2, 0.25) is 0 Å². The van der Waals surface area contributed by atoms with Gasteiger partial charge in [0.1, 0.15) is 5.51 Å². The maximum Gasteiger partial charge on any atom is 0.227 e. The van der Waals surface area contributed by atoms with Gasteiger partial charge in [0.15, 0.2) is 0 Å². The Morgan fingerprint density at radius 3 is 3.05 bits per heavy atom. The van der Waals surface area contributed by atoms with Crippen LogP contribution in [0.15, 0.2) is 17.9 Å². The lowest BCUT2D eigenvalue weighted by Gasteiger charge is -2.15. The average molecular weight is 304 g/mol.